The zero-order valence-corrected chi connectivity index (χ0v) is 14.5. The zero-order valence-electron chi connectivity index (χ0n) is 14.5. The van der Waals surface area contributed by atoms with Gasteiger partial charge in [-0.2, -0.15) is 0 Å². The van der Waals surface area contributed by atoms with E-state index in [1.165, 1.54) is 0 Å². The molecule has 27 heavy (non-hydrogen) atoms. The van der Waals surface area contributed by atoms with Gasteiger partial charge in [0.05, 0.1) is 24.3 Å². The number of imidazole rings is 1. The standard InChI is InChI=1S/C18H18N8O/c27-15(5-4-13-11-19-12-24-13)26-10-1-3-14(26)16-17(21-9-8-20-16)25-18-22-6-2-7-23-18/h2,4-9,11-12,14H,1,3,10H2,(H,19,24)(H,21,22,23,25)/b5-4+/t14-/m1/s1. The normalized spacial score (nSPS) is 16.7. The first kappa shape index (κ1) is 16.8. The van der Waals surface area contributed by atoms with Gasteiger partial charge in [-0.15, -0.1) is 0 Å². The first-order valence-electron chi connectivity index (χ1n) is 8.63. The fourth-order valence-corrected chi connectivity index (χ4v) is 3.09. The molecule has 0 radical (unpaired) electrons. The smallest absolute Gasteiger partial charge is 0.247 e. The van der Waals surface area contributed by atoms with Gasteiger partial charge in [0.1, 0.15) is 5.69 Å². The highest BCUT2D eigenvalue weighted by Crippen LogP contribution is 2.34. The minimum absolute atomic E-state index is 0.0698. The summed E-state index contributed by atoms with van der Waals surface area (Å²) in [5.41, 5.74) is 1.49. The number of aromatic nitrogens is 6. The van der Waals surface area contributed by atoms with Crippen molar-refractivity contribution in [1.82, 2.24) is 34.8 Å². The van der Waals surface area contributed by atoms with E-state index in [2.05, 4.69) is 35.2 Å². The number of nitrogens with zero attached hydrogens (tertiary/aromatic N) is 6. The second-order valence-electron chi connectivity index (χ2n) is 6.02. The minimum atomic E-state index is -0.149. The Morgan fingerprint density at radius 2 is 2.04 bits per heavy atom. The van der Waals surface area contributed by atoms with E-state index in [1.807, 2.05) is 4.90 Å². The van der Waals surface area contributed by atoms with Crippen LogP contribution in [0.1, 0.15) is 30.3 Å². The predicted octanol–water partition coefficient (Wildman–Crippen LogP) is 2.11. The number of hydrogen-bond acceptors (Lipinski definition) is 7. The van der Waals surface area contributed by atoms with Crippen molar-refractivity contribution in [3.63, 3.8) is 0 Å². The number of rotatable bonds is 5. The van der Waals surface area contributed by atoms with Gasteiger partial charge in [0.2, 0.25) is 11.9 Å². The van der Waals surface area contributed by atoms with Crippen molar-refractivity contribution in [2.75, 3.05) is 11.9 Å². The van der Waals surface area contributed by atoms with E-state index in [4.69, 9.17) is 0 Å². The number of hydrogen-bond donors (Lipinski definition) is 2. The first-order valence-corrected chi connectivity index (χ1v) is 8.63. The van der Waals surface area contributed by atoms with Gasteiger partial charge in [-0.25, -0.2) is 19.9 Å². The lowest BCUT2D eigenvalue weighted by Gasteiger charge is -2.24. The van der Waals surface area contributed by atoms with Crippen LogP contribution in [0, 0.1) is 0 Å². The summed E-state index contributed by atoms with van der Waals surface area (Å²) in [6.07, 6.45) is 14.8. The molecule has 0 spiro atoms. The lowest BCUT2D eigenvalue weighted by molar-refractivity contribution is -0.126. The van der Waals surface area contributed by atoms with Crippen LogP contribution in [-0.4, -0.2) is 47.3 Å². The van der Waals surface area contributed by atoms with Crippen LogP contribution in [0.15, 0.2) is 49.5 Å². The highest BCUT2D eigenvalue weighted by molar-refractivity contribution is 5.92. The molecular formula is C18H18N8O. The average molecular weight is 362 g/mol. The predicted molar refractivity (Wildman–Crippen MR) is 98.7 cm³/mol. The third kappa shape index (κ3) is 3.81. The molecule has 136 valence electrons. The fourth-order valence-electron chi connectivity index (χ4n) is 3.09. The maximum absolute atomic E-state index is 12.7. The molecule has 2 N–H and O–H groups in total. The number of carbonyl (C=O) groups is 1. The third-order valence-corrected chi connectivity index (χ3v) is 4.30. The summed E-state index contributed by atoms with van der Waals surface area (Å²) >= 11 is 0. The lowest BCUT2D eigenvalue weighted by atomic mass is 10.1. The Bertz CT molecular complexity index is 926. The molecule has 1 aliphatic heterocycles. The quantitative estimate of drug-likeness (QED) is 0.668. The summed E-state index contributed by atoms with van der Waals surface area (Å²) in [6, 6.07) is 1.59. The number of nitrogens with one attached hydrogen (secondary N) is 2. The molecule has 9 nitrogen and oxygen atoms in total. The van der Waals surface area contributed by atoms with Crippen LogP contribution in [0.5, 0.6) is 0 Å². The van der Waals surface area contributed by atoms with Crippen molar-refractivity contribution in [2.24, 2.45) is 0 Å². The van der Waals surface area contributed by atoms with Gasteiger partial charge in [0, 0.05) is 37.4 Å². The summed E-state index contributed by atoms with van der Waals surface area (Å²) in [5.74, 6) is 0.930. The third-order valence-electron chi connectivity index (χ3n) is 4.30. The molecular weight excluding hydrogens is 344 g/mol. The Kier molecular flexibility index (Phi) is 4.82. The number of anilines is 2. The van der Waals surface area contributed by atoms with E-state index in [9.17, 15) is 4.79 Å². The fraction of sp³-hybridized carbons (Fsp3) is 0.222. The molecule has 1 atom stereocenters. The zero-order chi connectivity index (χ0) is 18.5. The summed E-state index contributed by atoms with van der Waals surface area (Å²) in [4.78, 5) is 38.6. The van der Waals surface area contributed by atoms with Crippen molar-refractivity contribution in [2.45, 2.75) is 18.9 Å². The Hall–Kier alpha value is -3.62. The van der Waals surface area contributed by atoms with Crippen LogP contribution in [0.2, 0.25) is 0 Å². The second kappa shape index (κ2) is 7.73. The lowest BCUT2D eigenvalue weighted by Crippen LogP contribution is -2.30. The van der Waals surface area contributed by atoms with Gasteiger partial charge in [-0.1, -0.05) is 0 Å². The molecule has 0 saturated carbocycles. The van der Waals surface area contributed by atoms with Crippen molar-refractivity contribution in [3.05, 3.63) is 60.8 Å². The molecule has 0 aromatic carbocycles. The SMILES string of the molecule is O=C(/C=C/c1cnc[nH]1)N1CCC[C@@H]1c1nccnc1Nc1ncccn1. The van der Waals surface area contributed by atoms with Crippen molar-refractivity contribution in [1.29, 1.82) is 0 Å². The highest BCUT2D eigenvalue weighted by Gasteiger charge is 2.32. The van der Waals surface area contributed by atoms with Gasteiger partial charge in [-0.05, 0) is 25.0 Å². The largest absolute Gasteiger partial charge is 0.345 e. The van der Waals surface area contributed by atoms with Gasteiger partial charge < -0.3 is 15.2 Å². The van der Waals surface area contributed by atoms with Gasteiger partial charge in [-0.3, -0.25) is 9.78 Å². The maximum atomic E-state index is 12.7. The monoisotopic (exact) mass is 362 g/mol. The average Bonchev–Trinajstić information content (AvgIpc) is 3.39. The van der Waals surface area contributed by atoms with Crippen LogP contribution in [0.25, 0.3) is 6.08 Å². The summed E-state index contributed by atoms with van der Waals surface area (Å²) in [7, 11) is 0. The van der Waals surface area contributed by atoms with Crippen LogP contribution < -0.4 is 5.32 Å². The Morgan fingerprint density at radius 3 is 2.85 bits per heavy atom. The molecule has 9 heteroatoms. The van der Waals surface area contributed by atoms with Crippen molar-refractivity contribution >= 4 is 23.7 Å². The molecule has 3 aromatic rings. The van der Waals surface area contributed by atoms with Crippen LogP contribution in [0.4, 0.5) is 11.8 Å². The van der Waals surface area contributed by atoms with Gasteiger partial charge in [0.25, 0.3) is 0 Å². The van der Waals surface area contributed by atoms with Crippen molar-refractivity contribution < 1.29 is 4.79 Å². The number of carbonyl (C=O) groups excluding carboxylic acids is 1. The summed E-state index contributed by atoms with van der Waals surface area (Å²) in [6.45, 7) is 0.675. The molecule has 3 aromatic heterocycles. The number of aromatic amines is 1. The Morgan fingerprint density at radius 1 is 1.19 bits per heavy atom. The van der Waals surface area contributed by atoms with Crippen LogP contribution in [0.3, 0.4) is 0 Å². The molecule has 1 saturated heterocycles. The first-order chi connectivity index (χ1) is 13.3. The van der Waals surface area contributed by atoms with E-state index >= 15 is 0 Å². The highest BCUT2D eigenvalue weighted by atomic mass is 16.2. The molecule has 0 aliphatic carbocycles. The Balaban J connectivity index is 1.56. The number of H-pyrrole nitrogens is 1. The molecule has 1 amide bonds. The van der Waals surface area contributed by atoms with E-state index in [0.29, 0.717) is 24.0 Å². The Labute approximate surface area is 155 Å². The van der Waals surface area contributed by atoms with Gasteiger partial charge in [0.15, 0.2) is 5.82 Å². The van der Waals surface area contributed by atoms with Crippen molar-refractivity contribution in [3.8, 4) is 0 Å². The molecule has 1 aliphatic rings. The summed E-state index contributed by atoms with van der Waals surface area (Å²) in [5, 5.41) is 3.10. The number of likely N-dealkylation sites (tertiary alicyclic amines) is 1. The molecule has 4 rings (SSSR count). The van der Waals surface area contributed by atoms with E-state index in [-0.39, 0.29) is 11.9 Å². The molecule has 1 fully saturated rings. The molecule has 4 heterocycles. The molecule has 0 bridgehead atoms. The summed E-state index contributed by atoms with van der Waals surface area (Å²) < 4.78 is 0. The van der Waals surface area contributed by atoms with E-state index in [0.717, 1.165) is 18.5 Å². The van der Waals surface area contributed by atoms with Crippen LogP contribution in [-0.2, 0) is 4.79 Å². The maximum Gasteiger partial charge on any atom is 0.247 e. The second-order valence-corrected chi connectivity index (χ2v) is 6.02. The van der Waals surface area contributed by atoms with Gasteiger partial charge >= 0.3 is 0 Å². The number of amides is 1. The van der Waals surface area contributed by atoms with E-state index in [1.54, 1.807) is 55.5 Å². The topological polar surface area (TPSA) is 113 Å². The van der Waals surface area contributed by atoms with Crippen LogP contribution >= 0.6 is 0 Å². The molecule has 0 unspecified atom stereocenters. The minimum Gasteiger partial charge on any atom is -0.345 e. The van der Waals surface area contributed by atoms with E-state index < -0.39 is 0 Å².